The minimum atomic E-state index is -1.00. The van der Waals surface area contributed by atoms with Crippen LogP contribution in [0.5, 0.6) is 0 Å². The van der Waals surface area contributed by atoms with Gasteiger partial charge in [0.15, 0.2) is 5.58 Å². The van der Waals surface area contributed by atoms with Crippen molar-refractivity contribution in [3.05, 3.63) is 23.8 Å². The van der Waals surface area contributed by atoms with Crippen LogP contribution in [0.3, 0.4) is 0 Å². The molecule has 66 valence electrons. The first-order valence-corrected chi connectivity index (χ1v) is 3.56. The van der Waals surface area contributed by atoms with Crippen molar-refractivity contribution in [2.24, 2.45) is 0 Å². The molecule has 0 bridgehead atoms. The number of anilines is 1. The number of oxazole rings is 1. The van der Waals surface area contributed by atoms with E-state index in [9.17, 15) is 4.79 Å². The van der Waals surface area contributed by atoms with Crippen molar-refractivity contribution in [2.45, 2.75) is 0 Å². The summed E-state index contributed by atoms with van der Waals surface area (Å²) in [6, 6.07) is 4.43. The van der Waals surface area contributed by atoms with Crippen LogP contribution in [0.2, 0.25) is 0 Å². The topological polar surface area (TPSA) is 89.3 Å². The number of benzene rings is 1. The number of fused-ring (bicyclic) bond motifs is 1. The van der Waals surface area contributed by atoms with E-state index < -0.39 is 5.97 Å². The SMILES string of the molecule is Nc1nc2ccc(C(=O)O)cc2o1. The van der Waals surface area contributed by atoms with Gasteiger partial charge < -0.3 is 15.3 Å². The molecule has 1 heterocycles. The van der Waals surface area contributed by atoms with Gasteiger partial charge in [0.1, 0.15) is 5.52 Å². The summed E-state index contributed by atoms with van der Waals surface area (Å²) in [6.45, 7) is 0. The van der Waals surface area contributed by atoms with Gasteiger partial charge in [-0.1, -0.05) is 0 Å². The van der Waals surface area contributed by atoms with Crippen LogP contribution in [0.15, 0.2) is 22.6 Å². The molecule has 13 heavy (non-hydrogen) atoms. The van der Waals surface area contributed by atoms with E-state index in [1.807, 2.05) is 0 Å². The average Bonchev–Trinajstić information content (AvgIpc) is 2.42. The molecule has 2 rings (SSSR count). The van der Waals surface area contributed by atoms with Crippen LogP contribution >= 0.6 is 0 Å². The maximum Gasteiger partial charge on any atom is 0.335 e. The fourth-order valence-corrected chi connectivity index (χ4v) is 1.08. The molecule has 0 spiro atoms. The molecule has 0 saturated carbocycles. The van der Waals surface area contributed by atoms with Crippen LogP contribution in [0.4, 0.5) is 6.01 Å². The second-order valence-electron chi connectivity index (χ2n) is 2.54. The smallest absolute Gasteiger partial charge is 0.335 e. The van der Waals surface area contributed by atoms with Gasteiger partial charge in [0.25, 0.3) is 6.01 Å². The van der Waals surface area contributed by atoms with Crippen LogP contribution in [0.25, 0.3) is 11.1 Å². The summed E-state index contributed by atoms with van der Waals surface area (Å²) in [6.07, 6.45) is 0. The minimum Gasteiger partial charge on any atom is -0.478 e. The van der Waals surface area contributed by atoms with E-state index in [0.717, 1.165) is 0 Å². The van der Waals surface area contributed by atoms with Gasteiger partial charge >= 0.3 is 5.97 Å². The quantitative estimate of drug-likeness (QED) is 0.682. The number of hydrogen-bond acceptors (Lipinski definition) is 4. The number of nitrogens with two attached hydrogens (primary N) is 1. The largest absolute Gasteiger partial charge is 0.478 e. The predicted octanol–water partition coefficient (Wildman–Crippen LogP) is 1.11. The predicted molar refractivity (Wildman–Crippen MR) is 45.4 cm³/mol. The van der Waals surface area contributed by atoms with E-state index in [-0.39, 0.29) is 11.6 Å². The Balaban J connectivity index is 2.67. The Morgan fingerprint density at radius 3 is 3.00 bits per heavy atom. The Morgan fingerprint density at radius 2 is 2.31 bits per heavy atom. The highest BCUT2D eigenvalue weighted by atomic mass is 16.4. The summed E-state index contributed by atoms with van der Waals surface area (Å²) >= 11 is 0. The summed E-state index contributed by atoms with van der Waals surface area (Å²) < 4.78 is 4.96. The van der Waals surface area contributed by atoms with Gasteiger partial charge in [-0.25, -0.2) is 4.79 Å². The van der Waals surface area contributed by atoms with Gasteiger partial charge in [-0.2, -0.15) is 4.98 Å². The van der Waals surface area contributed by atoms with Gasteiger partial charge in [-0.15, -0.1) is 0 Å². The monoisotopic (exact) mass is 178 g/mol. The van der Waals surface area contributed by atoms with Gasteiger partial charge in [0, 0.05) is 0 Å². The standard InChI is InChI=1S/C8H6N2O3/c9-8-10-5-2-1-4(7(11)12)3-6(5)13-8/h1-3H,(H2,9,10)(H,11,12). The third-order valence-electron chi connectivity index (χ3n) is 1.65. The lowest BCUT2D eigenvalue weighted by Gasteiger charge is -1.90. The van der Waals surface area contributed by atoms with Crippen molar-refractivity contribution in [3.8, 4) is 0 Å². The number of aromatic nitrogens is 1. The number of carboxylic acids is 1. The normalized spacial score (nSPS) is 10.5. The van der Waals surface area contributed by atoms with E-state index >= 15 is 0 Å². The molecule has 0 amide bonds. The van der Waals surface area contributed by atoms with Gasteiger partial charge in [-0.3, -0.25) is 0 Å². The molecule has 0 unspecified atom stereocenters. The third-order valence-corrected chi connectivity index (χ3v) is 1.65. The number of aromatic carboxylic acids is 1. The number of nitrogens with zero attached hydrogens (tertiary/aromatic N) is 1. The van der Waals surface area contributed by atoms with Crippen LogP contribution in [0, 0.1) is 0 Å². The first kappa shape index (κ1) is 7.60. The highest BCUT2D eigenvalue weighted by Gasteiger charge is 2.07. The van der Waals surface area contributed by atoms with Crippen LogP contribution < -0.4 is 5.73 Å². The zero-order valence-electron chi connectivity index (χ0n) is 6.52. The molecule has 5 heteroatoms. The minimum absolute atomic E-state index is 0.0394. The van der Waals surface area contributed by atoms with Gasteiger partial charge in [0.2, 0.25) is 0 Å². The van der Waals surface area contributed by atoms with Crippen LogP contribution in [-0.4, -0.2) is 16.1 Å². The highest BCUT2D eigenvalue weighted by Crippen LogP contribution is 2.18. The Hall–Kier alpha value is -2.04. The molecule has 0 radical (unpaired) electrons. The lowest BCUT2D eigenvalue weighted by molar-refractivity contribution is 0.0697. The zero-order chi connectivity index (χ0) is 9.42. The Kier molecular flexibility index (Phi) is 1.45. The van der Waals surface area contributed by atoms with Crippen molar-refractivity contribution in [1.29, 1.82) is 0 Å². The third kappa shape index (κ3) is 1.20. The molecule has 0 aliphatic heterocycles. The number of nitrogen functional groups attached to an aromatic ring is 1. The van der Waals surface area contributed by atoms with E-state index in [2.05, 4.69) is 4.98 Å². The number of carbonyl (C=O) groups is 1. The maximum absolute atomic E-state index is 10.6. The maximum atomic E-state index is 10.6. The molecular weight excluding hydrogens is 172 g/mol. The lowest BCUT2D eigenvalue weighted by Crippen LogP contribution is -1.94. The van der Waals surface area contributed by atoms with Crippen molar-refractivity contribution < 1.29 is 14.3 Å². The number of carboxylic acid groups (broad SMARTS) is 1. The molecule has 3 N–H and O–H groups in total. The van der Waals surface area contributed by atoms with Crippen LogP contribution in [0.1, 0.15) is 10.4 Å². The molecule has 0 saturated heterocycles. The molecule has 0 aliphatic carbocycles. The number of hydrogen-bond donors (Lipinski definition) is 2. The van der Waals surface area contributed by atoms with E-state index in [0.29, 0.717) is 11.1 Å². The van der Waals surface area contributed by atoms with Crippen molar-refractivity contribution in [3.63, 3.8) is 0 Å². The Bertz CT molecular complexity index is 475. The van der Waals surface area contributed by atoms with E-state index in [1.165, 1.54) is 12.1 Å². The van der Waals surface area contributed by atoms with Gasteiger partial charge in [0.05, 0.1) is 5.56 Å². The Labute approximate surface area is 72.8 Å². The first-order valence-electron chi connectivity index (χ1n) is 3.56. The summed E-state index contributed by atoms with van der Waals surface area (Å²) in [5, 5.41) is 8.66. The fourth-order valence-electron chi connectivity index (χ4n) is 1.08. The molecule has 0 atom stereocenters. The molecule has 1 aromatic heterocycles. The average molecular weight is 178 g/mol. The molecule has 5 nitrogen and oxygen atoms in total. The highest BCUT2D eigenvalue weighted by molar-refractivity contribution is 5.91. The Morgan fingerprint density at radius 1 is 1.54 bits per heavy atom. The summed E-state index contributed by atoms with van der Waals surface area (Å²) in [4.78, 5) is 14.4. The van der Waals surface area contributed by atoms with Crippen LogP contribution in [-0.2, 0) is 0 Å². The summed E-state index contributed by atoms with van der Waals surface area (Å²) in [7, 11) is 0. The lowest BCUT2D eigenvalue weighted by atomic mass is 10.2. The van der Waals surface area contributed by atoms with E-state index in [4.69, 9.17) is 15.3 Å². The summed E-state index contributed by atoms with van der Waals surface area (Å²) in [5.41, 5.74) is 6.39. The van der Waals surface area contributed by atoms with Crippen molar-refractivity contribution in [1.82, 2.24) is 4.98 Å². The van der Waals surface area contributed by atoms with Gasteiger partial charge in [-0.05, 0) is 18.2 Å². The number of rotatable bonds is 1. The van der Waals surface area contributed by atoms with Crippen molar-refractivity contribution >= 4 is 23.1 Å². The second kappa shape index (κ2) is 2.48. The first-order chi connectivity index (χ1) is 6.16. The molecule has 2 aromatic rings. The molecule has 1 aromatic carbocycles. The van der Waals surface area contributed by atoms with Crippen molar-refractivity contribution in [2.75, 3.05) is 5.73 Å². The molecule has 0 aliphatic rings. The molecular formula is C8H6N2O3. The fraction of sp³-hybridized carbons (Fsp3) is 0. The summed E-state index contributed by atoms with van der Waals surface area (Å²) in [5.74, 6) is -1.00. The van der Waals surface area contributed by atoms with E-state index in [1.54, 1.807) is 6.07 Å². The zero-order valence-corrected chi connectivity index (χ0v) is 6.52. The molecule has 0 fully saturated rings. The second-order valence-corrected chi connectivity index (χ2v) is 2.54.